The van der Waals surface area contributed by atoms with E-state index in [1.54, 1.807) is 0 Å². The summed E-state index contributed by atoms with van der Waals surface area (Å²) >= 11 is 0. The Bertz CT molecular complexity index is 452. The minimum atomic E-state index is -0.318. The average molecular weight is 280 g/mol. The molecule has 112 valence electrons. The average Bonchev–Trinajstić information content (AvgIpc) is 2.84. The number of H-pyrrole nitrogens is 1. The lowest BCUT2D eigenvalue weighted by molar-refractivity contribution is 0.0911. The minimum Gasteiger partial charge on any atom is -0.351 e. The molecule has 20 heavy (non-hydrogen) atoms. The topological polar surface area (TPSA) is 86.9 Å². The first kappa shape index (κ1) is 16.2. The van der Waals surface area contributed by atoms with Gasteiger partial charge in [-0.2, -0.15) is 0 Å². The van der Waals surface area contributed by atoms with Crippen molar-refractivity contribution in [3.8, 4) is 0 Å². The molecule has 6 nitrogen and oxygen atoms in total. The Hall–Kier alpha value is -1.85. The first-order chi connectivity index (χ1) is 9.41. The van der Waals surface area contributed by atoms with Crippen molar-refractivity contribution < 1.29 is 9.59 Å². The van der Waals surface area contributed by atoms with E-state index in [0.717, 1.165) is 6.42 Å². The van der Waals surface area contributed by atoms with Crippen LogP contribution in [0.1, 0.15) is 55.1 Å². The summed E-state index contributed by atoms with van der Waals surface area (Å²) in [4.78, 5) is 30.6. The molecular formula is C14H24N4O2. The Morgan fingerprint density at radius 1 is 1.15 bits per heavy atom. The zero-order chi connectivity index (χ0) is 15.1. The molecule has 1 rings (SSSR count). The van der Waals surface area contributed by atoms with E-state index in [1.165, 1.54) is 6.33 Å². The number of hydrogen-bond donors (Lipinski definition) is 3. The molecule has 0 fully saturated rings. The van der Waals surface area contributed by atoms with Crippen molar-refractivity contribution in [1.29, 1.82) is 0 Å². The fraction of sp³-hybridized carbons (Fsp3) is 0.643. The monoisotopic (exact) mass is 280 g/mol. The van der Waals surface area contributed by atoms with E-state index in [2.05, 4.69) is 34.4 Å². The fourth-order valence-electron chi connectivity index (χ4n) is 1.58. The van der Waals surface area contributed by atoms with Crippen LogP contribution in [0.5, 0.6) is 0 Å². The lowest BCUT2D eigenvalue weighted by Gasteiger charge is -2.08. The Morgan fingerprint density at radius 3 is 2.45 bits per heavy atom. The molecule has 0 saturated heterocycles. The second-order valence-electron chi connectivity index (χ2n) is 5.67. The Morgan fingerprint density at radius 2 is 1.85 bits per heavy atom. The maximum absolute atomic E-state index is 12.0. The molecule has 0 aromatic carbocycles. The van der Waals surface area contributed by atoms with E-state index in [1.807, 2.05) is 13.8 Å². The molecule has 0 unspecified atom stereocenters. The van der Waals surface area contributed by atoms with Gasteiger partial charge in [0.25, 0.3) is 11.8 Å². The zero-order valence-electron chi connectivity index (χ0n) is 12.6. The zero-order valence-corrected chi connectivity index (χ0v) is 12.6. The summed E-state index contributed by atoms with van der Waals surface area (Å²) in [5, 5.41) is 5.54. The Balaban J connectivity index is 2.61. The van der Waals surface area contributed by atoms with Crippen LogP contribution in [-0.2, 0) is 0 Å². The molecule has 3 N–H and O–H groups in total. The summed E-state index contributed by atoms with van der Waals surface area (Å²) in [7, 11) is 0. The number of nitrogens with zero attached hydrogens (tertiary/aromatic N) is 1. The first-order valence-corrected chi connectivity index (χ1v) is 7.01. The third-order valence-corrected chi connectivity index (χ3v) is 2.76. The van der Waals surface area contributed by atoms with E-state index >= 15 is 0 Å². The normalized spacial score (nSPS) is 10.9. The van der Waals surface area contributed by atoms with Gasteiger partial charge in [-0.3, -0.25) is 9.59 Å². The molecule has 0 bridgehead atoms. The smallest absolute Gasteiger partial charge is 0.272 e. The molecule has 1 heterocycles. The summed E-state index contributed by atoms with van der Waals surface area (Å²) in [5.74, 6) is 0.250. The molecule has 1 aromatic rings. The van der Waals surface area contributed by atoms with Gasteiger partial charge in [0.05, 0.1) is 6.33 Å². The molecule has 0 saturated carbocycles. The van der Waals surface area contributed by atoms with Gasteiger partial charge in [0.2, 0.25) is 0 Å². The van der Waals surface area contributed by atoms with Crippen LogP contribution in [0.15, 0.2) is 6.33 Å². The fourth-order valence-corrected chi connectivity index (χ4v) is 1.58. The Kier molecular flexibility index (Phi) is 6.21. The van der Waals surface area contributed by atoms with Crippen LogP contribution >= 0.6 is 0 Å². The molecule has 1 aromatic heterocycles. The van der Waals surface area contributed by atoms with Gasteiger partial charge in [-0.05, 0) is 18.3 Å². The number of hydrogen-bond acceptors (Lipinski definition) is 3. The maximum atomic E-state index is 12.0. The number of amides is 2. The second-order valence-corrected chi connectivity index (χ2v) is 5.67. The predicted octanol–water partition coefficient (Wildman–Crippen LogP) is 1.57. The summed E-state index contributed by atoms with van der Waals surface area (Å²) < 4.78 is 0. The highest BCUT2D eigenvalue weighted by Crippen LogP contribution is 2.04. The third kappa shape index (κ3) is 5.03. The molecule has 6 heteroatoms. The van der Waals surface area contributed by atoms with Crippen LogP contribution in [0.4, 0.5) is 0 Å². The highest BCUT2D eigenvalue weighted by atomic mass is 16.2. The first-order valence-electron chi connectivity index (χ1n) is 7.01. The predicted molar refractivity (Wildman–Crippen MR) is 77.5 cm³/mol. The van der Waals surface area contributed by atoms with Crippen molar-refractivity contribution in [3.63, 3.8) is 0 Å². The van der Waals surface area contributed by atoms with Gasteiger partial charge in [-0.15, -0.1) is 0 Å². The largest absolute Gasteiger partial charge is 0.351 e. The Labute approximate surface area is 119 Å². The molecule has 0 aliphatic rings. The van der Waals surface area contributed by atoms with Crippen LogP contribution in [0.2, 0.25) is 0 Å². The number of aromatic nitrogens is 2. The van der Waals surface area contributed by atoms with Gasteiger partial charge in [-0.1, -0.05) is 27.7 Å². The highest BCUT2D eigenvalue weighted by Gasteiger charge is 2.19. The minimum absolute atomic E-state index is 0.148. The molecule has 0 aliphatic carbocycles. The second kappa shape index (κ2) is 7.67. The van der Waals surface area contributed by atoms with Gasteiger partial charge in [0, 0.05) is 13.1 Å². The quantitative estimate of drug-likeness (QED) is 0.708. The van der Waals surface area contributed by atoms with Gasteiger partial charge >= 0.3 is 0 Å². The van der Waals surface area contributed by atoms with Crippen molar-refractivity contribution in [2.24, 2.45) is 11.8 Å². The highest BCUT2D eigenvalue weighted by molar-refractivity contribution is 6.04. The lowest BCUT2D eigenvalue weighted by atomic mass is 10.1. The van der Waals surface area contributed by atoms with E-state index < -0.39 is 0 Å². The number of carbonyl (C=O) groups is 2. The van der Waals surface area contributed by atoms with Gasteiger partial charge in [-0.25, -0.2) is 4.98 Å². The van der Waals surface area contributed by atoms with Crippen molar-refractivity contribution in [1.82, 2.24) is 20.6 Å². The maximum Gasteiger partial charge on any atom is 0.272 e. The van der Waals surface area contributed by atoms with E-state index in [9.17, 15) is 9.59 Å². The van der Waals surface area contributed by atoms with E-state index in [-0.39, 0.29) is 23.2 Å². The number of carbonyl (C=O) groups excluding carboxylic acids is 2. The van der Waals surface area contributed by atoms with Gasteiger partial charge in [0.15, 0.2) is 5.69 Å². The molecule has 0 spiro atoms. The van der Waals surface area contributed by atoms with Crippen molar-refractivity contribution >= 4 is 11.8 Å². The van der Waals surface area contributed by atoms with Crippen LogP contribution in [0.25, 0.3) is 0 Å². The van der Waals surface area contributed by atoms with Crippen molar-refractivity contribution in [2.75, 3.05) is 13.1 Å². The number of rotatable bonds is 7. The number of nitrogens with one attached hydrogen (secondary N) is 3. The van der Waals surface area contributed by atoms with Crippen molar-refractivity contribution in [2.45, 2.75) is 34.1 Å². The standard InChI is InChI=1S/C14H24N4O2/c1-9(2)5-6-15-13(19)11-12(18-8-17-11)14(20)16-7-10(3)4/h8-10H,5-7H2,1-4H3,(H,15,19)(H,16,20)(H,17,18). The molecule has 0 radical (unpaired) electrons. The summed E-state index contributed by atoms with van der Waals surface area (Å²) in [6, 6.07) is 0. The van der Waals surface area contributed by atoms with Crippen LogP contribution < -0.4 is 10.6 Å². The van der Waals surface area contributed by atoms with E-state index in [0.29, 0.717) is 24.9 Å². The van der Waals surface area contributed by atoms with Crippen LogP contribution in [0.3, 0.4) is 0 Å². The van der Waals surface area contributed by atoms with Gasteiger partial charge in [0.1, 0.15) is 5.69 Å². The van der Waals surface area contributed by atoms with Crippen LogP contribution in [0, 0.1) is 11.8 Å². The third-order valence-electron chi connectivity index (χ3n) is 2.76. The number of imidazole rings is 1. The SMILES string of the molecule is CC(C)CCNC(=O)c1nc[nH]c1C(=O)NCC(C)C. The van der Waals surface area contributed by atoms with Crippen molar-refractivity contribution in [3.05, 3.63) is 17.7 Å². The molecule has 2 amide bonds. The van der Waals surface area contributed by atoms with Gasteiger partial charge < -0.3 is 15.6 Å². The lowest BCUT2D eigenvalue weighted by Crippen LogP contribution is -2.32. The van der Waals surface area contributed by atoms with Crippen LogP contribution in [-0.4, -0.2) is 34.9 Å². The molecular weight excluding hydrogens is 256 g/mol. The summed E-state index contributed by atoms with van der Waals surface area (Å²) in [6.45, 7) is 9.33. The summed E-state index contributed by atoms with van der Waals surface area (Å²) in [5.41, 5.74) is 0.364. The summed E-state index contributed by atoms with van der Waals surface area (Å²) in [6.07, 6.45) is 2.26. The molecule has 0 aliphatic heterocycles. The van der Waals surface area contributed by atoms with E-state index in [4.69, 9.17) is 0 Å². The molecule has 0 atom stereocenters. The number of aromatic amines is 1.